The number of hydrogen-bond acceptors (Lipinski definition) is 2. The quantitative estimate of drug-likeness (QED) is 0.465. The average molecular weight is 194 g/mol. The smallest absolute Gasteiger partial charge is 0.0598 e. The monoisotopic (exact) mass is 194 g/mol. The summed E-state index contributed by atoms with van der Waals surface area (Å²) in [6.07, 6.45) is 10.6. The van der Waals surface area contributed by atoms with Crippen molar-refractivity contribution in [2.45, 2.75) is 38.6 Å². The van der Waals surface area contributed by atoms with Gasteiger partial charge in [0.25, 0.3) is 0 Å². The Morgan fingerprint density at radius 2 is 2.21 bits per heavy atom. The average Bonchev–Trinajstić information content (AvgIpc) is 2.99. The van der Waals surface area contributed by atoms with Crippen LogP contribution in [0, 0.1) is 12.3 Å². The van der Waals surface area contributed by atoms with Crippen molar-refractivity contribution in [2.24, 2.45) is 0 Å². The van der Waals surface area contributed by atoms with E-state index in [1.165, 1.54) is 32.2 Å². The fourth-order valence-corrected chi connectivity index (χ4v) is 1.53. The fourth-order valence-electron chi connectivity index (χ4n) is 1.53. The van der Waals surface area contributed by atoms with Gasteiger partial charge in [-0.25, -0.2) is 0 Å². The number of unbranched alkanes of at least 4 members (excludes halogenated alkanes) is 1. The molecule has 1 N–H and O–H groups in total. The molecule has 0 aromatic carbocycles. The van der Waals surface area contributed by atoms with Crippen molar-refractivity contribution < 1.29 is 0 Å². The van der Waals surface area contributed by atoms with Crippen LogP contribution in [0.15, 0.2) is 0 Å². The normalized spacial score (nSPS) is 15.8. The molecule has 1 aliphatic rings. The molecule has 0 atom stereocenters. The Labute approximate surface area is 88.1 Å². The van der Waals surface area contributed by atoms with E-state index in [1.54, 1.807) is 0 Å². The third kappa shape index (κ3) is 5.26. The maximum atomic E-state index is 5.28. The van der Waals surface area contributed by atoms with E-state index in [0.717, 1.165) is 25.7 Å². The molecule has 0 spiro atoms. The van der Waals surface area contributed by atoms with E-state index < -0.39 is 0 Å². The first-order chi connectivity index (χ1) is 6.86. The second-order valence-electron chi connectivity index (χ2n) is 4.01. The van der Waals surface area contributed by atoms with Crippen molar-refractivity contribution in [3.63, 3.8) is 0 Å². The summed E-state index contributed by atoms with van der Waals surface area (Å²) in [5.41, 5.74) is 0. The highest BCUT2D eigenvalue weighted by molar-refractivity contribution is 4.87. The van der Waals surface area contributed by atoms with Crippen molar-refractivity contribution in [1.29, 1.82) is 0 Å². The second kappa shape index (κ2) is 6.86. The van der Waals surface area contributed by atoms with Crippen molar-refractivity contribution in [3.05, 3.63) is 0 Å². The highest BCUT2D eigenvalue weighted by Crippen LogP contribution is 2.18. The highest BCUT2D eigenvalue weighted by atomic mass is 15.1. The lowest BCUT2D eigenvalue weighted by molar-refractivity contribution is 0.315. The third-order valence-electron chi connectivity index (χ3n) is 2.67. The van der Waals surface area contributed by atoms with E-state index in [-0.39, 0.29) is 0 Å². The molecular formula is C12H22N2. The van der Waals surface area contributed by atoms with E-state index in [1.807, 2.05) is 0 Å². The molecule has 1 aliphatic carbocycles. The van der Waals surface area contributed by atoms with Crippen molar-refractivity contribution in [3.8, 4) is 12.3 Å². The van der Waals surface area contributed by atoms with Crippen LogP contribution in [-0.4, -0.2) is 37.1 Å². The van der Waals surface area contributed by atoms with Gasteiger partial charge in [-0.2, -0.15) is 0 Å². The van der Waals surface area contributed by atoms with Crippen molar-refractivity contribution in [1.82, 2.24) is 10.2 Å². The molecule has 2 heteroatoms. The standard InChI is InChI=1S/C12H22N2/c1-3-10-14(4-2)11-6-5-9-13-12-7-8-12/h1,12-13H,4-11H2,2H3. The summed E-state index contributed by atoms with van der Waals surface area (Å²) in [6.45, 7) is 6.36. The summed E-state index contributed by atoms with van der Waals surface area (Å²) in [4.78, 5) is 2.32. The minimum atomic E-state index is 0.798. The van der Waals surface area contributed by atoms with Gasteiger partial charge in [0.2, 0.25) is 0 Å². The lowest BCUT2D eigenvalue weighted by Gasteiger charge is -2.16. The first-order valence-corrected chi connectivity index (χ1v) is 5.76. The number of terminal acetylenes is 1. The predicted octanol–water partition coefficient (Wildman–Crippen LogP) is 1.47. The number of nitrogens with zero attached hydrogens (tertiary/aromatic N) is 1. The molecule has 0 unspecified atom stereocenters. The van der Waals surface area contributed by atoms with Gasteiger partial charge >= 0.3 is 0 Å². The molecule has 80 valence electrons. The van der Waals surface area contributed by atoms with Gasteiger partial charge in [0.15, 0.2) is 0 Å². The summed E-state index contributed by atoms with van der Waals surface area (Å²) in [5, 5.41) is 3.52. The Balaban J connectivity index is 1.87. The Morgan fingerprint density at radius 1 is 1.43 bits per heavy atom. The van der Waals surface area contributed by atoms with Crippen LogP contribution in [-0.2, 0) is 0 Å². The first-order valence-electron chi connectivity index (χ1n) is 5.76. The van der Waals surface area contributed by atoms with Crippen LogP contribution in [0.5, 0.6) is 0 Å². The van der Waals surface area contributed by atoms with Crippen LogP contribution in [0.25, 0.3) is 0 Å². The van der Waals surface area contributed by atoms with Crippen LogP contribution in [0.1, 0.15) is 32.6 Å². The molecule has 1 rings (SSSR count). The summed E-state index contributed by atoms with van der Waals surface area (Å²) in [6, 6.07) is 0.850. The van der Waals surface area contributed by atoms with Gasteiger partial charge in [-0.1, -0.05) is 12.8 Å². The largest absolute Gasteiger partial charge is 0.314 e. The van der Waals surface area contributed by atoms with Crippen LogP contribution in [0.2, 0.25) is 0 Å². The Bertz CT molecular complexity index is 179. The number of rotatable bonds is 8. The summed E-state index contributed by atoms with van der Waals surface area (Å²) in [7, 11) is 0. The Kier molecular flexibility index (Phi) is 5.66. The zero-order valence-electron chi connectivity index (χ0n) is 9.26. The second-order valence-corrected chi connectivity index (χ2v) is 4.01. The molecule has 1 fully saturated rings. The minimum absolute atomic E-state index is 0.798. The molecule has 2 nitrogen and oxygen atoms in total. The number of hydrogen-bond donors (Lipinski definition) is 1. The van der Waals surface area contributed by atoms with Crippen LogP contribution in [0.3, 0.4) is 0 Å². The van der Waals surface area contributed by atoms with E-state index in [4.69, 9.17) is 6.42 Å². The van der Waals surface area contributed by atoms with Crippen molar-refractivity contribution in [2.75, 3.05) is 26.2 Å². The number of nitrogens with one attached hydrogen (secondary N) is 1. The van der Waals surface area contributed by atoms with Gasteiger partial charge < -0.3 is 5.32 Å². The van der Waals surface area contributed by atoms with Crippen LogP contribution < -0.4 is 5.32 Å². The minimum Gasteiger partial charge on any atom is -0.314 e. The molecule has 0 aliphatic heterocycles. The van der Waals surface area contributed by atoms with E-state index >= 15 is 0 Å². The van der Waals surface area contributed by atoms with Gasteiger partial charge in [-0.05, 0) is 45.3 Å². The topological polar surface area (TPSA) is 15.3 Å². The molecule has 0 saturated heterocycles. The van der Waals surface area contributed by atoms with Gasteiger partial charge in [-0.15, -0.1) is 6.42 Å². The molecule has 0 aromatic heterocycles. The molecule has 14 heavy (non-hydrogen) atoms. The van der Waals surface area contributed by atoms with E-state index in [0.29, 0.717) is 0 Å². The predicted molar refractivity (Wildman–Crippen MR) is 61.2 cm³/mol. The summed E-state index contributed by atoms with van der Waals surface area (Å²) < 4.78 is 0. The van der Waals surface area contributed by atoms with E-state index in [9.17, 15) is 0 Å². The lowest BCUT2D eigenvalue weighted by Crippen LogP contribution is -2.26. The van der Waals surface area contributed by atoms with Gasteiger partial charge in [0.05, 0.1) is 6.54 Å². The zero-order valence-corrected chi connectivity index (χ0v) is 9.26. The van der Waals surface area contributed by atoms with E-state index in [2.05, 4.69) is 23.1 Å². The molecular weight excluding hydrogens is 172 g/mol. The molecule has 0 radical (unpaired) electrons. The fraction of sp³-hybridized carbons (Fsp3) is 0.833. The van der Waals surface area contributed by atoms with Gasteiger partial charge in [0.1, 0.15) is 0 Å². The van der Waals surface area contributed by atoms with Crippen LogP contribution >= 0.6 is 0 Å². The molecule has 0 aromatic rings. The highest BCUT2D eigenvalue weighted by Gasteiger charge is 2.19. The maximum Gasteiger partial charge on any atom is 0.0598 e. The first kappa shape index (κ1) is 11.6. The Hall–Kier alpha value is -0.520. The zero-order chi connectivity index (χ0) is 10.2. The van der Waals surface area contributed by atoms with Crippen LogP contribution in [0.4, 0.5) is 0 Å². The molecule has 0 bridgehead atoms. The maximum absolute atomic E-state index is 5.28. The lowest BCUT2D eigenvalue weighted by atomic mass is 10.3. The Morgan fingerprint density at radius 3 is 2.79 bits per heavy atom. The summed E-state index contributed by atoms with van der Waals surface area (Å²) in [5.74, 6) is 2.70. The molecule has 1 saturated carbocycles. The van der Waals surface area contributed by atoms with Gasteiger partial charge in [0, 0.05) is 6.04 Å². The van der Waals surface area contributed by atoms with Gasteiger partial charge in [-0.3, -0.25) is 4.90 Å². The molecule has 0 amide bonds. The summed E-state index contributed by atoms with van der Waals surface area (Å²) >= 11 is 0. The molecule has 0 heterocycles. The van der Waals surface area contributed by atoms with Crippen molar-refractivity contribution >= 4 is 0 Å². The SMILES string of the molecule is C#CCN(CC)CCCCNC1CC1. The third-order valence-corrected chi connectivity index (χ3v) is 2.67.